The number of methoxy groups -OCH3 is 1. The first kappa shape index (κ1) is 23.5. The second-order valence-corrected chi connectivity index (χ2v) is 6.34. The third kappa shape index (κ3) is 6.87. The maximum absolute atomic E-state index is 10.9. The van der Waals surface area contributed by atoms with Crippen molar-refractivity contribution in [2.24, 2.45) is 0 Å². The summed E-state index contributed by atoms with van der Waals surface area (Å²) in [5, 5.41) is 23.5. The van der Waals surface area contributed by atoms with Crippen LogP contribution in [-0.2, 0) is 11.2 Å². The number of anilines is 1. The van der Waals surface area contributed by atoms with Crippen LogP contribution in [0.15, 0.2) is 42.5 Å². The van der Waals surface area contributed by atoms with Crippen molar-refractivity contribution in [1.82, 2.24) is 5.32 Å². The number of nitrogens with one attached hydrogen (secondary N) is 1. The highest BCUT2D eigenvalue weighted by Crippen LogP contribution is 2.29. The van der Waals surface area contributed by atoms with E-state index in [9.17, 15) is 15.0 Å². The summed E-state index contributed by atoms with van der Waals surface area (Å²) in [4.78, 5) is 12.2. The minimum absolute atomic E-state index is 0.00335. The summed E-state index contributed by atoms with van der Waals surface area (Å²) in [6.07, 6.45) is 0.693. The summed E-state index contributed by atoms with van der Waals surface area (Å²) in [6.45, 7) is 6.42. The predicted molar refractivity (Wildman–Crippen MR) is 113 cm³/mol. The van der Waals surface area contributed by atoms with Crippen LogP contribution >= 0.6 is 0 Å². The molecule has 0 aliphatic rings. The molecular formula is C22H32N2O4. The number of phenols is 1. The van der Waals surface area contributed by atoms with Gasteiger partial charge in [0.25, 0.3) is 0 Å². The van der Waals surface area contributed by atoms with Gasteiger partial charge in [-0.3, -0.25) is 4.79 Å². The normalized spacial score (nSPS) is 12.4. The quantitative estimate of drug-likeness (QED) is 0.575. The van der Waals surface area contributed by atoms with Crippen LogP contribution in [0, 0.1) is 0 Å². The first-order chi connectivity index (χ1) is 13.4. The number of aromatic hydroxyl groups is 1. The molecule has 0 heterocycles. The number of hydrogen-bond donors (Lipinski definition) is 3. The average molecular weight is 389 g/mol. The van der Waals surface area contributed by atoms with Gasteiger partial charge in [0.15, 0.2) is 0 Å². The lowest BCUT2D eigenvalue weighted by molar-refractivity contribution is -0.107. The smallest absolute Gasteiger partial charge is 0.213 e. The second kappa shape index (κ2) is 12.0. The summed E-state index contributed by atoms with van der Waals surface area (Å²) in [5.74, 6) is 0.824. The fraction of sp³-hybridized carbons (Fsp3) is 0.409. The molecule has 0 fully saturated rings. The van der Waals surface area contributed by atoms with Crippen molar-refractivity contribution in [3.63, 3.8) is 0 Å². The van der Waals surface area contributed by atoms with E-state index in [1.54, 1.807) is 26.3 Å². The molecule has 28 heavy (non-hydrogen) atoms. The summed E-state index contributed by atoms with van der Waals surface area (Å²) < 4.78 is 5.15. The molecule has 2 unspecified atom stereocenters. The van der Waals surface area contributed by atoms with Crippen LogP contribution in [0.1, 0.15) is 38.0 Å². The number of carbonyl (C=O) groups excluding carboxylic acids is 1. The molecule has 0 aliphatic carbocycles. The van der Waals surface area contributed by atoms with Crippen molar-refractivity contribution in [3.8, 4) is 11.5 Å². The predicted octanol–water partition coefficient (Wildman–Crippen LogP) is 3.27. The summed E-state index contributed by atoms with van der Waals surface area (Å²) in [5.41, 5.74) is 2.18. The highest BCUT2D eigenvalue weighted by Gasteiger charge is 2.14. The fourth-order valence-electron chi connectivity index (χ4n) is 2.71. The molecule has 6 nitrogen and oxygen atoms in total. The molecule has 0 saturated carbocycles. The van der Waals surface area contributed by atoms with Crippen LogP contribution in [0.25, 0.3) is 0 Å². The van der Waals surface area contributed by atoms with Crippen molar-refractivity contribution in [1.29, 1.82) is 0 Å². The van der Waals surface area contributed by atoms with Gasteiger partial charge in [-0.15, -0.1) is 0 Å². The lowest BCUT2D eigenvalue weighted by atomic mass is 10.0. The first-order valence-electron chi connectivity index (χ1n) is 9.50. The third-order valence-corrected chi connectivity index (χ3v) is 4.28. The van der Waals surface area contributed by atoms with Gasteiger partial charge in [-0.25, -0.2) is 0 Å². The van der Waals surface area contributed by atoms with Crippen molar-refractivity contribution in [2.45, 2.75) is 39.3 Å². The van der Waals surface area contributed by atoms with E-state index in [1.807, 2.05) is 38.1 Å². The number of rotatable bonds is 9. The van der Waals surface area contributed by atoms with Crippen molar-refractivity contribution >= 4 is 12.1 Å². The molecule has 0 aliphatic heterocycles. The number of phenolic OH excluding ortho intramolecular Hbond substituents is 1. The largest absolute Gasteiger partial charge is 0.506 e. The number of hydrogen-bond acceptors (Lipinski definition) is 5. The zero-order valence-corrected chi connectivity index (χ0v) is 17.3. The Balaban J connectivity index is 0.00000190. The van der Waals surface area contributed by atoms with E-state index >= 15 is 0 Å². The molecule has 0 radical (unpaired) electrons. The van der Waals surface area contributed by atoms with Crippen LogP contribution in [-0.4, -0.2) is 43.4 Å². The van der Waals surface area contributed by atoms with Crippen LogP contribution in [0.4, 0.5) is 5.69 Å². The summed E-state index contributed by atoms with van der Waals surface area (Å²) in [6, 6.07) is 12.8. The molecular weight excluding hydrogens is 356 g/mol. The van der Waals surface area contributed by atoms with Gasteiger partial charge in [0.05, 0.1) is 18.9 Å². The van der Waals surface area contributed by atoms with Gasteiger partial charge in [0, 0.05) is 19.6 Å². The minimum Gasteiger partial charge on any atom is -0.506 e. The lowest BCUT2D eigenvalue weighted by Gasteiger charge is -2.19. The topological polar surface area (TPSA) is 82.0 Å². The van der Waals surface area contributed by atoms with E-state index < -0.39 is 6.10 Å². The maximum atomic E-state index is 10.9. The van der Waals surface area contributed by atoms with Gasteiger partial charge >= 0.3 is 0 Å². The number of nitrogens with zero attached hydrogens (tertiary/aromatic N) is 1. The Hall–Kier alpha value is -2.57. The highest BCUT2D eigenvalue weighted by molar-refractivity contribution is 5.78. The molecule has 3 N–H and O–H groups in total. The molecule has 0 bridgehead atoms. The fourth-order valence-corrected chi connectivity index (χ4v) is 2.71. The Morgan fingerprint density at radius 2 is 1.82 bits per heavy atom. The van der Waals surface area contributed by atoms with Crippen LogP contribution < -0.4 is 15.0 Å². The van der Waals surface area contributed by atoms with E-state index in [1.165, 1.54) is 16.5 Å². The monoisotopic (exact) mass is 388 g/mol. The molecule has 6 heteroatoms. The summed E-state index contributed by atoms with van der Waals surface area (Å²) >= 11 is 0. The van der Waals surface area contributed by atoms with Crippen molar-refractivity contribution < 1.29 is 19.7 Å². The molecule has 2 aromatic carbocycles. The van der Waals surface area contributed by atoms with Crippen molar-refractivity contribution in [3.05, 3.63) is 53.6 Å². The molecule has 0 spiro atoms. The molecule has 154 valence electrons. The number of aliphatic hydroxyl groups excluding tert-OH is 1. The Labute approximate surface area is 167 Å². The van der Waals surface area contributed by atoms with Gasteiger partial charge in [-0.2, -0.15) is 0 Å². The molecule has 1 amide bonds. The van der Waals surface area contributed by atoms with Gasteiger partial charge < -0.3 is 25.2 Å². The van der Waals surface area contributed by atoms with Gasteiger partial charge in [-0.05, 0) is 48.7 Å². The first-order valence-corrected chi connectivity index (χ1v) is 9.50. The number of aliphatic hydroxyl groups is 1. The summed E-state index contributed by atoms with van der Waals surface area (Å²) in [7, 11) is 3.19. The Morgan fingerprint density at radius 1 is 1.18 bits per heavy atom. The van der Waals surface area contributed by atoms with E-state index in [0.717, 1.165) is 12.2 Å². The van der Waals surface area contributed by atoms with Crippen LogP contribution in [0.5, 0.6) is 11.5 Å². The zero-order chi connectivity index (χ0) is 21.1. The molecule has 0 saturated heterocycles. The number of carbonyl (C=O) groups is 1. The average Bonchev–Trinajstić information content (AvgIpc) is 2.73. The lowest BCUT2D eigenvalue weighted by Crippen LogP contribution is -2.32. The Morgan fingerprint density at radius 3 is 2.39 bits per heavy atom. The van der Waals surface area contributed by atoms with Crippen LogP contribution in [0.2, 0.25) is 0 Å². The molecule has 0 aromatic heterocycles. The Kier molecular flexibility index (Phi) is 10.1. The van der Waals surface area contributed by atoms with Crippen LogP contribution in [0.3, 0.4) is 0 Å². The maximum Gasteiger partial charge on any atom is 0.213 e. The van der Waals surface area contributed by atoms with E-state index in [-0.39, 0.29) is 11.8 Å². The minimum atomic E-state index is -0.743. The molecule has 2 rings (SSSR count). The van der Waals surface area contributed by atoms with E-state index in [2.05, 4.69) is 12.2 Å². The zero-order valence-electron chi connectivity index (χ0n) is 17.3. The third-order valence-electron chi connectivity index (χ3n) is 4.28. The number of benzene rings is 2. The van der Waals surface area contributed by atoms with Crippen molar-refractivity contribution in [2.75, 3.05) is 25.6 Å². The number of amides is 1. The standard InChI is InChI=1S/C20H26N2O4.C2H6/c1-14(10-15-4-7-17(26-3)8-5-15)21-12-20(25)16-6-9-19(24)18(11-16)22(2)13-23;1-2/h4-9,11,13-14,20-21,24-25H,10,12H2,1-3H3;1-2H3. The van der Waals surface area contributed by atoms with Gasteiger partial charge in [0.2, 0.25) is 6.41 Å². The Bertz CT molecular complexity index is 719. The van der Waals surface area contributed by atoms with Gasteiger partial charge in [0.1, 0.15) is 11.5 Å². The SMILES string of the molecule is CC.COc1ccc(CC(C)NCC(O)c2ccc(O)c(N(C)C=O)c2)cc1. The van der Waals surface area contributed by atoms with E-state index in [4.69, 9.17) is 4.74 Å². The van der Waals surface area contributed by atoms with Gasteiger partial charge in [-0.1, -0.05) is 32.0 Å². The van der Waals surface area contributed by atoms with E-state index in [0.29, 0.717) is 24.2 Å². The molecule has 2 aromatic rings. The number of ether oxygens (including phenoxy) is 1. The second-order valence-electron chi connectivity index (χ2n) is 6.34. The highest BCUT2D eigenvalue weighted by atomic mass is 16.5. The molecule has 2 atom stereocenters.